The highest BCUT2D eigenvalue weighted by molar-refractivity contribution is 5.00. The highest BCUT2D eigenvalue weighted by atomic mass is 14.9. The molecule has 3 aliphatic rings. The van der Waals surface area contributed by atoms with Gasteiger partial charge in [-0.05, 0) is 56.0 Å². The summed E-state index contributed by atoms with van der Waals surface area (Å²) in [6.07, 6.45) is 4.68. The molecule has 3 rings (SSSR count). The second kappa shape index (κ2) is 3.37. The first-order chi connectivity index (χ1) is 5.95. The summed E-state index contributed by atoms with van der Waals surface area (Å²) in [7, 11) is 0. The van der Waals surface area contributed by atoms with Crippen LogP contribution < -0.4 is 5.32 Å². The summed E-state index contributed by atoms with van der Waals surface area (Å²) < 4.78 is 0. The fourth-order valence-corrected chi connectivity index (χ4v) is 3.58. The standard InChI is InChI=1S/C9H15N.C2H6/c1-2-7-3-6(1)8-4-10-5-9(7)8;1-2/h6-10H,1-5H2;1-2H3. The second-order valence-corrected chi connectivity index (χ2v) is 4.32. The Kier molecular flexibility index (Phi) is 2.40. The predicted octanol–water partition coefficient (Wildman–Crippen LogP) is 2.28. The summed E-state index contributed by atoms with van der Waals surface area (Å²) >= 11 is 0. The quantitative estimate of drug-likeness (QED) is 0.583. The van der Waals surface area contributed by atoms with Crippen molar-refractivity contribution in [2.24, 2.45) is 23.7 Å². The molecule has 2 bridgehead atoms. The molecule has 1 nitrogen and oxygen atoms in total. The maximum absolute atomic E-state index is 3.53. The SMILES string of the molecule is C1CC2CC1C1CNCC21.CC. The van der Waals surface area contributed by atoms with Crippen LogP contribution in [0.5, 0.6) is 0 Å². The summed E-state index contributed by atoms with van der Waals surface area (Å²) in [6, 6.07) is 0. The van der Waals surface area contributed by atoms with Gasteiger partial charge in [-0.1, -0.05) is 13.8 Å². The van der Waals surface area contributed by atoms with Gasteiger partial charge in [0, 0.05) is 0 Å². The third-order valence-corrected chi connectivity index (χ3v) is 4.03. The zero-order chi connectivity index (χ0) is 8.55. The molecule has 1 aliphatic heterocycles. The Morgan fingerprint density at radius 1 is 0.917 bits per heavy atom. The van der Waals surface area contributed by atoms with E-state index in [1.54, 1.807) is 19.3 Å². The minimum absolute atomic E-state index is 1.10. The summed E-state index contributed by atoms with van der Waals surface area (Å²) in [5.41, 5.74) is 0. The van der Waals surface area contributed by atoms with Crippen LogP contribution in [0.15, 0.2) is 0 Å². The predicted molar refractivity (Wildman–Crippen MR) is 52.0 cm³/mol. The van der Waals surface area contributed by atoms with E-state index in [0.29, 0.717) is 0 Å². The van der Waals surface area contributed by atoms with Gasteiger partial charge >= 0.3 is 0 Å². The smallest absolute Gasteiger partial charge is 0.00145 e. The Morgan fingerprint density at radius 3 is 1.92 bits per heavy atom. The van der Waals surface area contributed by atoms with Gasteiger partial charge < -0.3 is 5.32 Å². The first kappa shape index (κ1) is 8.55. The summed E-state index contributed by atoms with van der Waals surface area (Å²) in [5.74, 6) is 4.45. The molecule has 1 saturated heterocycles. The van der Waals surface area contributed by atoms with Crippen molar-refractivity contribution in [3.05, 3.63) is 0 Å². The van der Waals surface area contributed by atoms with Crippen molar-refractivity contribution in [2.75, 3.05) is 13.1 Å². The van der Waals surface area contributed by atoms with Crippen LogP contribution in [0.25, 0.3) is 0 Å². The lowest BCUT2D eigenvalue weighted by Crippen LogP contribution is -2.19. The van der Waals surface area contributed by atoms with Crippen molar-refractivity contribution >= 4 is 0 Å². The lowest BCUT2D eigenvalue weighted by atomic mass is 9.82. The molecule has 2 saturated carbocycles. The van der Waals surface area contributed by atoms with Gasteiger partial charge in [0.2, 0.25) is 0 Å². The Bertz CT molecular complexity index is 139. The first-order valence-corrected chi connectivity index (χ1v) is 5.66. The van der Waals surface area contributed by atoms with Crippen LogP contribution in [0.2, 0.25) is 0 Å². The number of hydrogen-bond donors (Lipinski definition) is 1. The topological polar surface area (TPSA) is 12.0 Å². The van der Waals surface area contributed by atoms with Gasteiger partial charge in [-0.2, -0.15) is 0 Å². The fraction of sp³-hybridized carbons (Fsp3) is 1.00. The van der Waals surface area contributed by atoms with Crippen molar-refractivity contribution in [3.8, 4) is 0 Å². The van der Waals surface area contributed by atoms with Gasteiger partial charge in [-0.3, -0.25) is 0 Å². The monoisotopic (exact) mass is 167 g/mol. The maximum Gasteiger partial charge on any atom is -0.00145 e. The molecule has 70 valence electrons. The molecule has 0 aromatic carbocycles. The Hall–Kier alpha value is -0.0400. The molecule has 0 radical (unpaired) electrons. The largest absolute Gasteiger partial charge is 0.316 e. The van der Waals surface area contributed by atoms with Crippen LogP contribution in [-0.2, 0) is 0 Å². The van der Waals surface area contributed by atoms with Crippen LogP contribution in [0, 0.1) is 23.7 Å². The van der Waals surface area contributed by atoms with Crippen LogP contribution in [0.1, 0.15) is 33.1 Å². The summed E-state index contributed by atoms with van der Waals surface area (Å²) in [5, 5.41) is 3.53. The maximum atomic E-state index is 3.53. The van der Waals surface area contributed by atoms with Crippen LogP contribution >= 0.6 is 0 Å². The summed E-state index contributed by atoms with van der Waals surface area (Å²) in [4.78, 5) is 0. The van der Waals surface area contributed by atoms with E-state index in [-0.39, 0.29) is 0 Å². The van der Waals surface area contributed by atoms with E-state index < -0.39 is 0 Å². The van der Waals surface area contributed by atoms with E-state index >= 15 is 0 Å². The fourth-order valence-electron chi connectivity index (χ4n) is 3.58. The lowest BCUT2D eigenvalue weighted by molar-refractivity contribution is 0.281. The Morgan fingerprint density at radius 2 is 1.42 bits per heavy atom. The zero-order valence-electron chi connectivity index (χ0n) is 8.34. The van der Waals surface area contributed by atoms with E-state index in [0.717, 1.165) is 23.7 Å². The molecule has 4 atom stereocenters. The van der Waals surface area contributed by atoms with Gasteiger partial charge in [0.1, 0.15) is 0 Å². The van der Waals surface area contributed by atoms with Gasteiger partial charge in [0.25, 0.3) is 0 Å². The first-order valence-electron chi connectivity index (χ1n) is 5.66. The lowest BCUT2D eigenvalue weighted by Gasteiger charge is -2.22. The third kappa shape index (κ3) is 1.10. The molecule has 12 heavy (non-hydrogen) atoms. The number of hydrogen-bond acceptors (Lipinski definition) is 1. The minimum atomic E-state index is 1.10. The van der Waals surface area contributed by atoms with Crippen LogP contribution in [-0.4, -0.2) is 13.1 Å². The molecule has 0 spiro atoms. The van der Waals surface area contributed by atoms with Gasteiger partial charge in [0.05, 0.1) is 0 Å². The summed E-state index contributed by atoms with van der Waals surface area (Å²) in [6.45, 7) is 6.68. The average molecular weight is 167 g/mol. The molecule has 0 aromatic heterocycles. The highest BCUT2D eigenvalue weighted by Crippen LogP contribution is 2.53. The zero-order valence-corrected chi connectivity index (χ0v) is 8.34. The molecule has 0 amide bonds. The third-order valence-electron chi connectivity index (χ3n) is 4.03. The highest BCUT2D eigenvalue weighted by Gasteiger charge is 2.48. The van der Waals surface area contributed by atoms with Crippen molar-refractivity contribution in [2.45, 2.75) is 33.1 Å². The Balaban J connectivity index is 0.000000264. The van der Waals surface area contributed by atoms with Crippen molar-refractivity contribution in [3.63, 3.8) is 0 Å². The molecule has 1 heteroatoms. The van der Waals surface area contributed by atoms with E-state index in [1.807, 2.05) is 13.8 Å². The number of fused-ring (bicyclic) bond motifs is 5. The average Bonchev–Trinajstić information content (AvgIpc) is 2.81. The van der Waals surface area contributed by atoms with E-state index in [9.17, 15) is 0 Å². The van der Waals surface area contributed by atoms with Crippen molar-refractivity contribution in [1.29, 1.82) is 0 Å². The molecular formula is C11H21N. The molecule has 3 fully saturated rings. The Labute approximate surface area is 75.9 Å². The van der Waals surface area contributed by atoms with E-state index in [2.05, 4.69) is 5.32 Å². The van der Waals surface area contributed by atoms with Crippen molar-refractivity contribution < 1.29 is 0 Å². The number of rotatable bonds is 0. The van der Waals surface area contributed by atoms with Crippen molar-refractivity contribution in [1.82, 2.24) is 5.32 Å². The normalized spacial score (nSPS) is 48.5. The van der Waals surface area contributed by atoms with E-state index in [1.165, 1.54) is 13.1 Å². The van der Waals surface area contributed by atoms with Crippen LogP contribution in [0.3, 0.4) is 0 Å². The molecule has 4 unspecified atom stereocenters. The van der Waals surface area contributed by atoms with E-state index in [4.69, 9.17) is 0 Å². The molecule has 1 heterocycles. The minimum Gasteiger partial charge on any atom is -0.316 e. The molecular weight excluding hydrogens is 146 g/mol. The molecule has 0 aromatic rings. The molecule has 2 aliphatic carbocycles. The van der Waals surface area contributed by atoms with Crippen LogP contribution in [0.4, 0.5) is 0 Å². The van der Waals surface area contributed by atoms with Gasteiger partial charge in [0.15, 0.2) is 0 Å². The van der Waals surface area contributed by atoms with Gasteiger partial charge in [-0.15, -0.1) is 0 Å². The molecule has 1 N–H and O–H groups in total. The number of nitrogens with one attached hydrogen (secondary N) is 1. The van der Waals surface area contributed by atoms with Gasteiger partial charge in [-0.25, -0.2) is 0 Å². The second-order valence-electron chi connectivity index (χ2n) is 4.32.